The first-order valence-electron chi connectivity index (χ1n) is 3.53. The van der Waals surface area contributed by atoms with E-state index >= 15 is 0 Å². The van der Waals surface area contributed by atoms with Crippen LogP contribution in [0.1, 0.15) is 25.3 Å². The fourth-order valence-electron chi connectivity index (χ4n) is 1.26. The Morgan fingerprint density at radius 1 is 1.40 bits per heavy atom. The van der Waals surface area contributed by atoms with Crippen LogP contribution in [0.5, 0.6) is 0 Å². The lowest BCUT2D eigenvalue weighted by molar-refractivity contribution is 0.765. The van der Waals surface area contributed by atoms with E-state index in [9.17, 15) is 0 Å². The third kappa shape index (κ3) is 0.823. The summed E-state index contributed by atoms with van der Waals surface area (Å²) in [4.78, 5) is 0. The summed E-state index contributed by atoms with van der Waals surface area (Å²) >= 11 is 3.91. The molecule has 1 aromatic rings. The largest absolute Gasteiger partial charge is 0.137 e. The molecule has 10 heavy (non-hydrogen) atoms. The van der Waals surface area contributed by atoms with Gasteiger partial charge < -0.3 is 0 Å². The molecule has 1 aromatic heterocycles. The SMILES string of the molecule is C[C@@H]1Sc2sccc2[C@H]1C. The molecule has 0 fully saturated rings. The predicted octanol–water partition coefficient (Wildman–Crippen LogP) is 3.35. The second-order valence-electron chi connectivity index (χ2n) is 2.78. The first kappa shape index (κ1) is 6.74. The highest BCUT2D eigenvalue weighted by Crippen LogP contribution is 2.47. The van der Waals surface area contributed by atoms with Gasteiger partial charge in [0.2, 0.25) is 0 Å². The maximum atomic E-state index is 2.32. The van der Waals surface area contributed by atoms with Gasteiger partial charge in [0.15, 0.2) is 0 Å². The number of thiophene rings is 1. The molecule has 0 bridgehead atoms. The molecule has 2 heteroatoms. The zero-order chi connectivity index (χ0) is 7.14. The Balaban J connectivity index is 2.43. The topological polar surface area (TPSA) is 0 Å². The quantitative estimate of drug-likeness (QED) is 0.575. The Morgan fingerprint density at radius 3 is 2.90 bits per heavy atom. The summed E-state index contributed by atoms with van der Waals surface area (Å²) < 4.78 is 1.54. The summed E-state index contributed by atoms with van der Waals surface area (Å²) in [6.07, 6.45) is 0. The van der Waals surface area contributed by atoms with Gasteiger partial charge in [0.05, 0.1) is 4.21 Å². The second kappa shape index (κ2) is 2.28. The molecule has 0 spiro atoms. The minimum atomic E-state index is 0.770. The molecule has 0 aliphatic carbocycles. The van der Waals surface area contributed by atoms with E-state index in [0.29, 0.717) is 0 Å². The first-order chi connectivity index (χ1) is 4.79. The molecule has 0 aromatic carbocycles. The Kier molecular flexibility index (Phi) is 1.53. The van der Waals surface area contributed by atoms with Gasteiger partial charge in [-0.2, -0.15) is 0 Å². The molecule has 0 amide bonds. The standard InChI is InChI=1S/C8H10S2/c1-5-6(2)10-8-7(5)3-4-9-8/h3-6H,1-2H3/t5-,6-/m0/s1. The van der Waals surface area contributed by atoms with Crippen molar-refractivity contribution in [1.29, 1.82) is 0 Å². The van der Waals surface area contributed by atoms with Gasteiger partial charge in [-0.1, -0.05) is 13.8 Å². The number of rotatable bonds is 0. The van der Waals surface area contributed by atoms with E-state index in [1.165, 1.54) is 0 Å². The van der Waals surface area contributed by atoms with Gasteiger partial charge in [-0.15, -0.1) is 23.1 Å². The van der Waals surface area contributed by atoms with Crippen LogP contribution < -0.4 is 0 Å². The molecular formula is C8H10S2. The average Bonchev–Trinajstić information content (AvgIpc) is 2.41. The zero-order valence-electron chi connectivity index (χ0n) is 6.13. The molecule has 0 unspecified atom stereocenters. The first-order valence-corrected chi connectivity index (χ1v) is 5.29. The van der Waals surface area contributed by atoms with E-state index in [-0.39, 0.29) is 0 Å². The average molecular weight is 170 g/mol. The van der Waals surface area contributed by atoms with Crippen molar-refractivity contribution in [2.45, 2.75) is 29.2 Å². The highest BCUT2D eigenvalue weighted by Gasteiger charge is 2.26. The lowest BCUT2D eigenvalue weighted by atomic mass is 10.0. The maximum absolute atomic E-state index is 2.32. The van der Waals surface area contributed by atoms with E-state index in [1.807, 2.05) is 23.1 Å². The minimum absolute atomic E-state index is 0.770. The summed E-state index contributed by atoms with van der Waals surface area (Å²) in [5.74, 6) is 0.770. The molecule has 0 nitrogen and oxygen atoms in total. The van der Waals surface area contributed by atoms with Crippen LogP contribution in [0.2, 0.25) is 0 Å². The maximum Gasteiger partial charge on any atom is 0.0636 e. The Morgan fingerprint density at radius 2 is 2.20 bits per heavy atom. The van der Waals surface area contributed by atoms with Gasteiger partial charge in [0.1, 0.15) is 0 Å². The molecule has 0 saturated carbocycles. The third-order valence-electron chi connectivity index (χ3n) is 2.15. The minimum Gasteiger partial charge on any atom is -0.137 e. The second-order valence-corrected chi connectivity index (χ2v) is 5.34. The van der Waals surface area contributed by atoms with Gasteiger partial charge in [0, 0.05) is 5.25 Å². The molecular weight excluding hydrogens is 160 g/mol. The monoisotopic (exact) mass is 170 g/mol. The van der Waals surface area contributed by atoms with Crippen LogP contribution in [-0.2, 0) is 0 Å². The normalized spacial score (nSPS) is 30.6. The number of thioether (sulfide) groups is 1. The summed E-state index contributed by atoms with van der Waals surface area (Å²) in [6, 6.07) is 2.27. The van der Waals surface area contributed by atoms with E-state index in [0.717, 1.165) is 11.2 Å². The lowest BCUT2D eigenvalue weighted by Crippen LogP contribution is -1.99. The van der Waals surface area contributed by atoms with Crippen LogP contribution in [0, 0.1) is 0 Å². The van der Waals surface area contributed by atoms with Gasteiger partial charge >= 0.3 is 0 Å². The van der Waals surface area contributed by atoms with Crippen LogP contribution in [-0.4, -0.2) is 5.25 Å². The van der Waals surface area contributed by atoms with Gasteiger partial charge in [-0.25, -0.2) is 0 Å². The van der Waals surface area contributed by atoms with E-state index in [1.54, 1.807) is 9.77 Å². The fourth-order valence-corrected chi connectivity index (χ4v) is 3.91. The fraction of sp³-hybridized carbons (Fsp3) is 0.500. The molecule has 1 aliphatic rings. The van der Waals surface area contributed by atoms with Crippen molar-refractivity contribution in [3.63, 3.8) is 0 Å². The van der Waals surface area contributed by atoms with Crippen LogP contribution >= 0.6 is 23.1 Å². The molecule has 0 saturated heterocycles. The summed E-state index contributed by atoms with van der Waals surface area (Å²) in [5, 5.41) is 2.99. The molecule has 2 atom stereocenters. The molecule has 2 rings (SSSR count). The van der Waals surface area contributed by atoms with Crippen molar-refractivity contribution < 1.29 is 0 Å². The van der Waals surface area contributed by atoms with Crippen molar-refractivity contribution in [1.82, 2.24) is 0 Å². The Hall–Kier alpha value is 0.0500. The molecule has 1 aliphatic heterocycles. The van der Waals surface area contributed by atoms with Gasteiger partial charge in [0.25, 0.3) is 0 Å². The number of fused-ring (bicyclic) bond motifs is 1. The van der Waals surface area contributed by atoms with E-state index in [2.05, 4.69) is 25.3 Å². The van der Waals surface area contributed by atoms with Gasteiger partial charge in [-0.05, 0) is 22.9 Å². The van der Waals surface area contributed by atoms with Crippen molar-refractivity contribution in [2.75, 3.05) is 0 Å². The zero-order valence-corrected chi connectivity index (χ0v) is 7.76. The highest BCUT2D eigenvalue weighted by molar-refractivity contribution is 8.02. The van der Waals surface area contributed by atoms with Crippen LogP contribution in [0.3, 0.4) is 0 Å². The van der Waals surface area contributed by atoms with Crippen molar-refractivity contribution >= 4 is 23.1 Å². The summed E-state index contributed by atoms with van der Waals surface area (Å²) in [5.41, 5.74) is 1.57. The van der Waals surface area contributed by atoms with E-state index < -0.39 is 0 Å². The smallest absolute Gasteiger partial charge is 0.0636 e. The number of hydrogen-bond donors (Lipinski definition) is 0. The Bertz CT molecular complexity index is 239. The highest BCUT2D eigenvalue weighted by atomic mass is 32.2. The third-order valence-corrected chi connectivity index (χ3v) is 4.68. The van der Waals surface area contributed by atoms with Crippen molar-refractivity contribution in [3.05, 3.63) is 17.0 Å². The lowest BCUT2D eigenvalue weighted by Gasteiger charge is -2.06. The molecule has 0 N–H and O–H groups in total. The molecule has 54 valence electrons. The van der Waals surface area contributed by atoms with Crippen molar-refractivity contribution in [3.8, 4) is 0 Å². The van der Waals surface area contributed by atoms with Gasteiger partial charge in [-0.3, -0.25) is 0 Å². The van der Waals surface area contributed by atoms with E-state index in [4.69, 9.17) is 0 Å². The summed E-state index contributed by atoms with van der Waals surface area (Å²) in [7, 11) is 0. The predicted molar refractivity (Wildman–Crippen MR) is 48.1 cm³/mol. The summed E-state index contributed by atoms with van der Waals surface area (Å²) in [6.45, 7) is 4.62. The van der Waals surface area contributed by atoms with Crippen LogP contribution in [0.15, 0.2) is 15.7 Å². The number of hydrogen-bond acceptors (Lipinski definition) is 2. The van der Waals surface area contributed by atoms with Crippen LogP contribution in [0.25, 0.3) is 0 Å². The Labute approximate surface area is 69.6 Å². The van der Waals surface area contributed by atoms with Crippen LogP contribution in [0.4, 0.5) is 0 Å². The molecule has 2 heterocycles. The van der Waals surface area contributed by atoms with Crippen molar-refractivity contribution in [2.24, 2.45) is 0 Å². The molecule has 0 radical (unpaired) electrons.